The van der Waals surface area contributed by atoms with Crippen LogP contribution in [0.15, 0.2) is 12.4 Å². The predicted molar refractivity (Wildman–Crippen MR) is 76.5 cm³/mol. The average molecular weight is 264 g/mol. The van der Waals surface area contributed by atoms with Gasteiger partial charge in [-0.05, 0) is 32.4 Å². The van der Waals surface area contributed by atoms with Crippen LogP contribution < -0.4 is 10.1 Å². The number of rotatable bonds is 5. The van der Waals surface area contributed by atoms with E-state index in [1.54, 1.807) is 6.33 Å². The van der Waals surface area contributed by atoms with Crippen LogP contribution in [0.2, 0.25) is 0 Å². The number of anilines is 1. The molecule has 2 atom stereocenters. The Bertz CT molecular complexity index is 399. The van der Waals surface area contributed by atoms with Crippen LogP contribution >= 0.6 is 0 Å². The van der Waals surface area contributed by atoms with Crippen LogP contribution in [0.1, 0.15) is 26.7 Å². The van der Waals surface area contributed by atoms with Gasteiger partial charge in [0.25, 0.3) is 0 Å². The number of hydrogen-bond acceptors (Lipinski definition) is 5. The molecule has 106 valence electrons. The van der Waals surface area contributed by atoms with Gasteiger partial charge in [-0.25, -0.2) is 9.97 Å². The molecule has 0 radical (unpaired) electrons. The number of nitrogens with zero attached hydrogens (tertiary/aromatic N) is 3. The third kappa shape index (κ3) is 4.06. The van der Waals surface area contributed by atoms with E-state index in [0.717, 1.165) is 31.7 Å². The van der Waals surface area contributed by atoms with Crippen LogP contribution in [-0.2, 0) is 0 Å². The Morgan fingerprint density at radius 2 is 2.32 bits per heavy atom. The monoisotopic (exact) mass is 264 g/mol. The summed E-state index contributed by atoms with van der Waals surface area (Å²) in [7, 11) is 2.17. The summed E-state index contributed by atoms with van der Waals surface area (Å²) in [6.45, 7) is 7.32. The maximum absolute atomic E-state index is 5.53. The van der Waals surface area contributed by atoms with Crippen molar-refractivity contribution in [3.63, 3.8) is 0 Å². The fourth-order valence-electron chi connectivity index (χ4n) is 2.46. The molecule has 5 heteroatoms. The first-order valence-electron chi connectivity index (χ1n) is 7.09. The maximum Gasteiger partial charge on any atom is 0.218 e. The highest BCUT2D eigenvalue weighted by atomic mass is 16.5. The van der Waals surface area contributed by atoms with Crippen molar-refractivity contribution in [2.45, 2.75) is 32.7 Å². The second-order valence-corrected chi connectivity index (χ2v) is 5.37. The van der Waals surface area contributed by atoms with Crippen LogP contribution in [0.25, 0.3) is 0 Å². The molecule has 1 aromatic heterocycles. The van der Waals surface area contributed by atoms with Crippen molar-refractivity contribution in [1.29, 1.82) is 0 Å². The summed E-state index contributed by atoms with van der Waals surface area (Å²) in [4.78, 5) is 10.8. The maximum atomic E-state index is 5.53. The number of piperidine rings is 1. The second-order valence-electron chi connectivity index (χ2n) is 5.37. The van der Waals surface area contributed by atoms with E-state index in [1.807, 2.05) is 6.07 Å². The van der Waals surface area contributed by atoms with Crippen LogP contribution in [-0.4, -0.2) is 47.7 Å². The normalized spacial score (nSPS) is 24.2. The smallest absolute Gasteiger partial charge is 0.218 e. The summed E-state index contributed by atoms with van der Waals surface area (Å²) < 4.78 is 5.53. The van der Waals surface area contributed by atoms with E-state index in [-0.39, 0.29) is 0 Å². The Morgan fingerprint density at radius 3 is 3.05 bits per heavy atom. The van der Waals surface area contributed by atoms with Gasteiger partial charge in [0.15, 0.2) is 0 Å². The molecular formula is C14H24N4O. The molecule has 0 spiro atoms. The first-order chi connectivity index (χ1) is 9.19. The van der Waals surface area contributed by atoms with Crippen molar-refractivity contribution in [3.8, 4) is 5.88 Å². The van der Waals surface area contributed by atoms with Crippen LogP contribution in [0.3, 0.4) is 0 Å². The summed E-state index contributed by atoms with van der Waals surface area (Å²) in [5.41, 5.74) is 0. The quantitative estimate of drug-likeness (QED) is 0.881. The van der Waals surface area contributed by atoms with Crippen LogP contribution in [0.5, 0.6) is 5.88 Å². The summed E-state index contributed by atoms with van der Waals surface area (Å²) in [6, 6.07) is 2.37. The molecule has 5 nitrogen and oxygen atoms in total. The number of ether oxygens (including phenoxy) is 1. The minimum Gasteiger partial charge on any atom is -0.478 e. The van der Waals surface area contributed by atoms with Crippen molar-refractivity contribution >= 4 is 5.82 Å². The lowest BCUT2D eigenvalue weighted by Gasteiger charge is -2.35. The largest absolute Gasteiger partial charge is 0.478 e. The number of hydrogen-bond donors (Lipinski definition) is 1. The molecule has 19 heavy (non-hydrogen) atoms. The average Bonchev–Trinajstić information content (AvgIpc) is 2.40. The lowest BCUT2D eigenvalue weighted by atomic mass is 9.94. The molecule has 0 bridgehead atoms. The summed E-state index contributed by atoms with van der Waals surface area (Å²) in [5.74, 6) is 2.14. The van der Waals surface area contributed by atoms with E-state index in [1.165, 1.54) is 0 Å². The Morgan fingerprint density at radius 1 is 1.47 bits per heavy atom. The van der Waals surface area contributed by atoms with Crippen LogP contribution in [0.4, 0.5) is 5.82 Å². The van der Waals surface area contributed by atoms with Gasteiger partial charge < -0.3 is 15.0 Å². The fourth-order valence-corrected chi connectivity index (χ4v) is 2.46. The SMILES string of the molecule is CCCOc1cc(NC2CCN(C)CC2C)ncn1. The highest BCUT2D eigenvalue weighted by molar-refractivity contribution is 5.38. The van der Waals surface area contributed by atoms with Gasteiger partial charge in [0.05, 0.1) is 6.61 Å². The topological polar surface area (TPSA) is 50.3 Å². The third-order valence-corrected chi connectivity index (χ3v) is 3.54. The summed E-state index contributed by atoms with van der Waals surface area (Å²) >= 11 is 0. The molecule has 1 aromatic rings. The zero-order valence-electron chi connectivity index (χ0n) is 12.1. The highest BCUT2D eigenvalue weighted by Gasteiger charge is 2.24. The van der Waals surface area contributed by atoms with Gasteiger partial charge >= 0.3 is 0 Å². The van der Waals surface area contributed by atoms with Gasteiger partial charge in [-0.2, -0.15) is 0 Å². The van der Waals surface area contributed by atoms with Gasteiger partial charge in [0, 0.05) is 18.7 Å². The lowest BCUT2D eigenvalue weighted by molar-refractivity contribution is 0.206. The third-order valence-electron chi connectivity index (χ3n) is 3.54. The first kappa shape index (κ1) is 14.1. The van der Waals surface area contributed by atoms with E-state index < -0.39 is 0 Å². The van der Waals surface area contributed by atoms with Gasteiger partial charge in [0.1, 0.15) is 12.1 Å². The fraction of sp³-hybridized carbons (Fsp3) is 0.714. The molecule has 1 aliphatic heterocycles. The molecule has 2 heterocycles. The van der Waals surface area contributed by atoms with Crippen molar-refractivity contribution in [3.05, 3.63) is 12.4 Å². The molecule has 2 rings (SSSR count). The Hall–Kier alpha value is -1.36. The molecule has 1 N–H and O–H groups in total. The van der Waals surface area contributed by atoms with E-state index >= 15 is 0 Å². The van der Waals surface area contributed by atoms with Gasteiger partial charge in [-0.15, -0.1) is 0 Å². The standard InChI is InChI=1S/C14H24N4O/c1-4-7-19-14-8-13(15-10-16-14)17-12-5-6-18(3)9-11(12)2/h8,10-12H,4-7,9H2,1-3H3,(H,15,16,17). The van der Waals surface area contributed by atoms with Crippen molar-refractivity contribution < 1.29 is 4.74 Å². The zero-order chi connectivity index (χ0) is 13.7. The van der Waals surface area contributed by atoms with Crippen molar-refractivity contribution in [2.24, 2.45) is 5.92 Å². The molecule has 0 aromatic carbocycles. The van der Waals surface area contributed by atoms with Crippen LogP contribution in [0, 0.1) is 5.92 Å². The first-order valence-corrected chi connectivity index (χ1v) is 7.09. The van der Waals surface area contributed by atoms with E-state index in [9.17, 15) is 0 Å². The molecule has 1 fully saturated rings. The number of nitrogens with one attached hydrogen (secondary N) is 1. The Labute approximate surface area is 115 Å². The van der Waals surface area contributed by atoms with E-state index in [2.05, 4.69) is 41.1 Å². The number of aromatic nitrogens is 2. The molecule has 0 saturated carbocycles. The summed E-state index contributed by atoms with van der Waals surface area (Å²) in [6.07, 6.45) is 3.69. The van der Waals surface area contributed by atoms with E-state index in [4.69, 9.17) is 4.74 Å². The second kappa shape index (κ2) is 6.70. The predicted octanol–water partition coefficient (Wildman–Crippen LogP) is 2.02. The molecule has 0 amide bonds. The van der Waals surface area contributed by atoms with Crippen molar-refractivity contribution in [1.82, 2.24) is 14.9 Å². The summed E-state index contributed by atoms with van der Waals surface area (Å²) in [5, 5.41) is 3.51. The Kier molecular flexibility index (Phi) is 4.96. The molecule has 0 aliphatic carbocycles. The number of likely N-dealkylation sites (tertiary alicyclic amines) is 1. The van der Waals surface area contributed by atoms with Gasteiger partial charge in [0.2, 0.25) is 5.88 Å². The molecule has 2 unspecified atom stereocenters. The molecule has 1 saturated heterocycles. The minimum absolute atomic E-state index is 0.477. The van der Waals surface area contributed by atoms with E-state index in [0.29, 0.717) is 24.4 Å². The molecule has 1 aliphatic rings. The molecular weight excluding hydrogens is 240 g/mol. The van der Waals surface area contributed by atoms with Gasteiger partial charge in [-0.1, -0.05) is 13.8 Å². The Balaban J connectivity index is 1.94. The highest BCUT2D eigenvalue weighted by Crippen LogP contribution is 2.20. The van der Waals surface area contributed by atoms with Gasteiger partial charge in [-0.3, -0.25) is 0 Å². The lowest BCUT2D eigenvalue weighted by Crippen LogP contribution is -2.43. The minimum atomic E-state index is 0.477. The zero-order valence-corrected chi connectivity index (χ0v) is 12.1. The van der Waals surface area contributed by atoms with Crippen molar-refractivity contribution in [2.75, 3.05) is 32.1 Å².